The molecular weight excluding hydrogens is 592 g/mol. The van der Waals surface area contributed by atoms with E-state index in [0.29, 0.717) is 9.87 Å². The number of hydrogen-bond donors (Lipinski definition) is 1. The molecule has 0 aliphatic carbocycles. The first-order valence-electron chi connectivity index (χ1n) is 14.1. The summed E-state index contributed by atoms with van der Waals surface area (Å²) >= 11 is 0. The van der Waals surface area contributed by atoms with E-state index in [1.807, 2.05) is 30.3 Å². The van der Waals surface area contributed by atoms with Crippen molar-refractivity contribution in [2.24, 2.45) is 0 Å². The van der Waals surface area contributed by atoms with Crippen molar-refractivity contribution in [1.29, 1.82) is 0 Å². The van der Waals surface area contributed by atoms with Crippen molar-refractivity contribution in [3.8, 4) is 11.1 Å². The minimum Gasteiger partial charge on any atom is -0.443 e. The van der Waals surface area contributed by atoms with Gasteiger partial charge >= 0.3 is 6.09 Å². The monoisotopic (exact) mass is 629 g/mol. The Morgan fingerprint density at radius 2 is 1.59 bits per heavy atom. The molecule has 2 amide bonds. The summed E-state index contributed by atoms with van der Waals surface area (Å²) in [6.45, 7) is 9.53. The van der Waals surface area contributed by atoms with Gasteiger partial charge in [-0.25, -0.2) is 23.5 Å². The van der Waals surface area contributed by atoms with Crippen molar-refractivity contribution < 1.29 is 31.5 Å². The maximum absolute atomic E-state index is 13.9. The summed E-state index contributed by atoms with van der Waals surface area (Å²) in [6, 6.07) is 13.4. The van der Waals surface area contributed by atoms with E-state index in [4.69, 9.17) is 4.74 Å². The van der Waals surface area contributed by atoms with Gasteiger partial charge in [-0.1, -0.05) is 30.3 Å². The summed E-state index contributed by atoms with van der Waals surface area (Å²) in [5, 5.41) is 2.22. The van der Waals surface area contributed by atoms with Crippen LogP contribution < -0.4 is 10.2 Å². The molecule has 1 saturated heterocycles. The molecule has 1 aliphatic rings. The van der Waals surface area contributed by atoms with Crippen molar-refractivity contribution in [1.82, 2.24) is 14.3 Å². The van der Waals surface area contributed by atoms with Crippen LogP contribution in [0.1, 0.15) is 64.7 Å². The Morgan fingerprint density at radius 1 is 0.955 bits per heavy atom. The Labute approximate surface area is 256 Å². The van der Waals surface area contributed by atoms with Gasteiger partial charge in [0.05, 0.1) is 11.1 Å². The zero-order chi connectivity index (χ0) is 32.5. The molecule has 1 N–H and O–H groups in total. The number of piperidine rings is 1. The van der Waals surface area contributed by atoms with Gasteiger partial charge in [-0.15, -0.1) is 0 Å². The van der Waals surface area contributed by atoms with Crippen LogP contribution in [0.5, 0.6) is 0 Å². The summed E-state index contributed by atoms with van der Waals surface area (Å²) in [6.07, 6.45) is 0.975. The molecule has 2 aromatic heterocycles. The molecule has 0 bridgehead atoms. The molecule has 4 rings (SSSR count). The molecule has 44 heavy (non-hydrogen) atoms. The zero-order valence-electron chi connectivity index (χ0n) is 25.6. The number of halogens is 2. The summed E-state index contributed by atoms with van der Waals surface area (Å²) in [4.78, 5) is 36.9. The van der Waals surface area contributed by atoms with E-state index >= 15 is 0 Å². The molecule has 3 heterocycles. The first-order valence-corrected chi connectivity index (χ1v) is 15.6. The molecule has 1 aliphatic heterocycles. The van der Waals surface area contributed by atoms with E-state index < -0.39 is 44.1 Å². The molecular formula is C31H37F2N5O5S. The van der Waals surface area contributed by atoms with Gasteiger partial charge in [0.25, 0.3) is 21.9 Å². The average Bonchev–Trinajstić information content (AvgIpc) is 2.91. The molecule has 0 atom stereocenters. The van der Waals surface area contributed by atoms with Gasteiger partial charge in [0.2, 0.25) is 0 Å². The van der Waals surface area contributed by atoms with E-state index in [9.17, 15) is 26.8 Å². The van der Waals surface area contributed by atoms with Gasteiger partial charge in [-0.05, 0) is 59.2 Å². The second kappa shape index (κ2) is 12.1. The molecule has 1 fully saturated rings. The Bertz CT molecular complexity index is 1630. The lowest BCUT2D eigenvalue weighted by atomic mass is 10.0. The molecule has 0 radical (unpaired) electrons. The fraction of sp³-hybridized carbons (Fsp3) is 0.419. The highest BCUT2D eigenvalue weighted by molar-refractivity contribution is 7.89. The number of amides is 2. The largest absolute Gasteiger partial charge is 0.443 e. The number of rotatable bonds is 6. The zero-order valence-corrected chi connectivity index (χ0v) is 26.4. The number of ether oxygens (including phenoxy) is 1. The quantitative estimate of drug-likeness (QED) is 0.335. The number of aromatic nitrogens is 2. The fourth-order valence-electron chi connectivity index (χ4n) is 4.67. The lowest BCUT2D eigenvalue weighted by Gasteiger charge is -2.35. The van der Waals surface area contributed by atoms with Gasteiger partial charge in [0.15, 0.2) is 5.03 Å². The summed E-state index contributed by atoms with van der Waals surface area (Å²) in [5.74, 6) is -3.18. The van der Waals surface area contributed by atoms with Crippen LogP contribution >= 0.6 is 0 Å². The normalized spacial score (nSPS) is 15.4. The molecule has 236 valence electrons. The van der Waals surface area contributed by atoms with Crippen LogP contribution in [0.4, 0.5) is 25.1 Å². The lowest BCUT2D eigenvalue weighted by molar-refractivity contribution is -0.0221. The van der Waals surface area contributed by atoms with E-state index in [2.05, 4.69) is 15.3 Å². The standard InChI is InChI=1S/C31H37F2N5O5S/c1-29(2,3)38(28(40)43-30(4,5)6)44(41,42)25-19-23(12-15-34-25)36-27(39)24-18-22(21-10-8-7-9-11-21)20-35-26(24)37-16-13-31(32,33)14-17-37/h7-12,15,18-20H,13-14,16-17H2,1-6H3,(H,34,36,39). The Hall–Kier alpha value is -4.13. The lowest BCUT2D eigenvalue weighted by Crippen LogP contribution is -2.51. The number of anilines is 2. The molecule has 0 saturated carbocycles. The Kier molecular flexibility index (Phi) is 9.01. The summed E-state index contributed by atoms with van der Waals surface area (Å²) < 4.78 is 61.2. The molecule has 13 heteroatoms. The number of nitrogens with zero attached hydrogens (tertiary/aromatic N) is 4. The maximum Gasteiger partial charge on any atom is 0.424 e. The van der Waals surface area contributed by atoms with Gasteiger partial charge < -0.3 is 15.0 Å². The predicted molar refractivity (Wildman–Crippen MR) is 163 cm³/mol. The molecule has 3 aromatic rings. The number of pyridine rings is 2. The first-order chi connectivity index (χ1) is 20.4. The number of sulfonamides is 1. The van der Waals surface area contributed by atoms with Gasteiger partial charge in [-0.2, -0.15) is 12.7 Å². The molecule has 10 nitrogen and oxygen atoms in total. The van der Waals surface area contributed by atoms with E-state index in [1.165, 1.54) is 12.3 Å². The van der Waals surface area contributed by atoms with Crippen molar-refractivity contribution in [3.63, 3.8) is 0 Å². The predicted octanol–water partition coefficient (Wildman–Crippen LogP) is 6.36. The fourth-order valence-corrected chi connectivity index (χ4v) is 6.28. The highest BCUT2D eigenvalue weighted by Gasteiger charge is 2.42. The highest BCUT2D eigenvalue weighted by atomic mass is 32.2. The first kappa shape index (κ1) is 32.8. The van der Waals surface area contributed by atoms with Crippen LogP contribution in [0.15, 0.2) is 66.0 Å². The van der Waals surface area contributed by atoms with Crippen LogP contribution in [0.3, 0.4) is 0 Å². The number of carbonyl (C=O) groups is 2. The SMILES string of the molecule is CC(C)(C)OC(=O)N(C(C)(C)C)S(=O)(=O)c1cc(NC(=O)c2cc(-c3ccccc3)cnc2N2CCC(F)(F)CC2)ccn1. The summed E-state index contributed by atoms with van der Waals surface area (Å²) in [7, 11) is -4.53. The molecule has 0 spiro atoms. The van der Waals surface area contributed by atoms with Crippen molar-refractivity contribution in [3.05, 3.63) is 66.5 Å². The molecule has 0 unspecified atom stereocenters. The second-order valence-corrected chi connectivity index (χ2v) is 14.3. The van der Waals surface area contributed by atoms with Crippen LogP contribution in [-0.2, 0) is 14.8 Å². The minimum absolute atomic E-state index is 0.00984. The number of benzene rings is 1. The third-order valence-electron chi connectivity index (χ3n) is 6.68. The van der Waals surface area contributed by atoms with Crippen molar-refractivity contribution >= 4 is 33.5 Å². The second-order valence-electron chi connectivity index (χ2n) is 12.6. The van der Waals surface area contributed by atoms with Gasteiger partial charge in [-0.3, -0.25) is 4.79 Å². The average molecular weight is 630 g/mol. The molecule has 1 aromatic carbocycles. The third kappa shape index (κ3) is 7.68. The van der Waals surface area contributed by atoms with Crippen LogP contribution in [0, 0.1) is 0 Å². The van der Waals surface area contributed by atoms with Crippen LogP contribution in [0.25, 0.3) is 11.1 Å². The third-order valence-corrected chi connectivity index (χ3v) is 8.61. The number of hydrogen-bond acceptors (Lipinski definition) is 8. The number of alkyl halides is 2. The maximum atomic E-state index is 13.9. The van der Waals surface area contributed by atoms with Crippen LogP contribution in [0.2, 0.25) is 0 Å². The minimum atomic E-state index is -4.53. The van der Waals surface area contributed by atoms with Crippen LogP contribution in [-0.4, -0.2) is 64.8 Å². The number of nitrogens with one attached hydrogen (secondary N) is 1. The van der Waals surface area contributed by atoms with E-state index in [-0.39, 0.29) is 43.0 Å². The van der Waals surface area contributed by atoms with E-state index in [0.717, 1.165) is 11.6 Å². The van der Waals surface area contributed by atoms with Gasteiger partial charge in [0, 0.05) is 55.6 Å². The van der Waals surface area contributed by atoms with Gasteiger partial charge in [0.1, 0.15) is 11.4 Å². The van der Waals surface area contributed by atoms with Crippen molar-refractivity contribution in [2.45, 2.75) is 76.5 Å². The Balaban J connectivity index is 1.69. The smallest absolute Gasteiger partial charge is 0.424 e. The number of carbonyl (C=O) groups excluding carboxylic acids is 2. The van der Waals surface area contributed by atoms with E-state index in [1.54, 1.807) is 58.7 Å². The topological polar surface area (TPSA) is 122 Å². The Morgan fingerprint density at radius 3 is 2.18 bits per heavy atom. The van der Waals surface area contributed by atoms with Crippen molar-refractivity contribution in [2.75, 3.05) is 23.3 Å². The summed E-state index contributed by atoms with van der Waals surface area (Å²) in [5.41, 5.74) is -0.508. The highest BCUT2D eigenvalue weighted by Crippen LogP contribution is 2.33.